The Morgan fingerprint density at radius 1 is 0.630 bits per heavy atom. The van der Waals surface area contributed by atoms with Crippen LogP contribution in [-0.4, -0.2) is 73.3 Å². The fraction of sp³-hybridized carbons (Fsp3) is 1.00. The number of rotatable bonds is 2. The Labute approximate surface area is 166 Å². The third-order valence-electron chi connectivity index (χ3n) is 9.92. The molecular weight excluding hydrogens is 332 g/mol. The third-order valence-corrected chi connectivity index (χ3v) is 9.92. The highest BCUT2D eigenvalue weighted by Gasteiger charge is 2.52. The van der Waals surface area contributed by atoms with Crippen molar-refractivity contribution >= 4 is 0 Å². The normalized spacial score (nSPS) is 42.0. The van der Waals surface area contributed by atoms with Gasteiger partial charge in [0.25, 0.3) is 0 Å². The zero-order chi connectivity index (χ0) is 18.0. The number of nitrogens with zero attached hydrogens (tertiary/aromatic N) is 3. The molecule has 0 amide bonds. The van der Waals surface area contributed by atoms with Crippen molar-refractivity contribution in [3.8, 4) is 0 Å². The second kappa shape index (κ2) is 6.42. The molecule has 4 heterocycles. The van der Waals surface area contributed by atoms with Crippen LogP contribution >= 0.6 is 0 Å². The molecule has 4 saturated heterocycles. The highest BCUT2D eigenvalue weighted by atomic mass is 15.7. The summed E-state index contributed by atoms with van der Waals surface area (Å²) in [6.45, 7) is 10.7. The first-order chi connectivity index (χ1) is 13.2. The van der Waals surface area contributed by atoms with Crippen LogP contribution in [0.1, 0.15) is 70.6 Å². The summed E-state index contributed by atoms with van der Waals surface area (Å²) in [5, 5.41) is 9.11. The molecule has 2 aliphatic carbocycles. The van der Waals surface area contributed by atoms with E-state index < -0.39 is 0 Å². The highest BCUT2D eigenvalue weighted by molar-refractivity contribution is 5.05. The Morgan fingerprint density at radius 3 is 1.89 bits per heavy atom. The van der Waals surface area contributed by atoms with Crippen LogP contribution in [0.25, 0.3) is 0 Å². The van der Waals surface area contributed by atoms with Crippen molar-refractivity contribution in [3.05, 3.63) is 0 Å². The average molecular weight is 373 g/mol. The average Bonchev–Trinajstić information content (AvgIpc) is 2.64. The summed E-state index contributed by atoms with van der Waals surface area (Å²) < 4.78 is 0. The second-order valence-electron chi connectivity index (χ2n) is 11.5. The summed E-state index contributed by atoms with van der Waals surface area (Å²) in [4.78, 5) is 2.87. The van der Waals surface area contributed by atoms with Crippen LogP contribution in [-0.2, 0) is 0 Å². The van der Waals surface area contributed by atoms with Crippen molar-refractivity contribution in [2.45, 2.75) is 76.7 Å². The summed E-state index contributed by atoms with van der Waals surface area (Å²) in [5.41, 5.74) is 2.16. The van der Waals surface area contributed by atoms with Gasteiger partial charge in [0.15, 0.2) is 0 Å². The Bertz CT molecular complexity index is 531. The lowest BCUT2D eigenvalue weighted by Crippen LogP contribution is -2.67. The topological polar surface area (TPSA) is 21.8 Å². The molecule has 3 spiro atoms. The van der Waals surface area contributed by atoms with Gasteiger partial charge in [-0.3, -0.25) is 0 Å². The van der Waals surface area contributed by atoms with E-state index in [0.29, 0.717) is 10.8 Å². The van der Waals surface area contributed by atoms with Crippen molar-refractivity contribution < 1.29 is 0 Å². The monoisotopic (exact) mass is 372 g/mol. The van der Waals surface area contributed by atoms with Crippen LogP contribution in [0.5, 0.6) is 0 Å². The van der Waals surface area contributed by atoms with Crippen LogP contribution < -0.4 is 5.32 Å². The van der Waals surface area contributed by atoms with Gasteiger partial charge in [0.1, 0.15) is 0 Å². The molecule has 0 atom stereocenters. The van der Waals surface area contributed by atoms with Gasteiger partial charge in [0.05, 0.1) is 0 Å². The minimum Gasteiger partial charge on any atom is -0.316 e. The number of nitrogens with one attached hydrogen (secondary N) is 1. The van der Waals surface area contributed by atoms with E-state index in [9.17, 15) is 0 Å². The van der Waals surface area contributed by atoms with Gasteiger partial charge in [-0.05, 0) is 94.7 Å². The molecular formula is C23H40N4. The van der Waals surface area contributed by atoms with E-state index in [1.165, 1.54) is 123 Å². The largest absolute Gasteiger partial charge is 0.316 e. The van der Waals surface area contributed by atoms with E-state index in [4.69, 9.17) is 0 Å². The molecule has 6 rings (SSSR count). The zero-order valence-electron chi connectivity index (χ0n) is 17.4. The molecule has 152 valence electrons. The fourth-order valence-corrected chi connectivity index (χ4v) is 7.61. The smallest absolute Gasteiger partial charge is 0.0204 e. The van der Waals surface area contributed by atoms with Crippen LogP contribution in [0, 0.1) is 16.2 Å². The first-order valence-electron chi connectivity index (χ1n) is 12.1. The molecule has 0 aromatic carbocycles. The molecule has 0 bridgehead atoms. The van der Waals surface area contributed by atoms with Crippen LogP contribution in [0.15, 0.2) is 0 Å². The van der Waals surface area contributed by atoms with Crippen LogP contribution in [0.2, 0.25) is 0 Å². The molecule has 0 radical (unpaired) electrons. The molecule has 0 unspecified atom stereocenters. The number of hydrazine groups is 1. The van der Waals surface area contributed by atoms with Gasteiger partial charge in [-0.2, -0.15) is 0 Å². The summed E-state index contributed by atoms with van der Waals surface area (Å²) in [6.07, 6.45) is 16.3. The number of hydrogen-bond acceptors (Lipinski definition) is 4. The molecule has 27 heavy (non-hydrogen) atoms. The molecule has 4 heteroatoms. The quantitative estimate of drug-likeness (QED) is 0.804. The summed E-state index contributed by atoms with van der Waals surface area (Å²) in [6, 6.07) is 0.916. The molecule has 4 nitrogen and oxygen atoms in total. The molecule has 0 aromatic heterocycles. The number of piperidine rings is 3. The summed E-state index contributed by atoms with van der Waals surface area (Å²) in [7, 11) is 0. The number of hydrogen-bond donors (Lipinski definition) is 1. The maximum atomic E-state index is 3.65. The Balaban J connectivity index is 0.951. The van der Waals surface area contributed by atoms with Gasteiger partial charge in [-0.25, -0.2) is 10.0 Å². The van der Waals surface area contributed by atoms with Gasteiger partial charge in [0, 0.05) is 44.2 Å². The van der Waals surface area contributed by atoms with Gasteiger partial charge in [-0.15, -0.1) is 0 Å². The van der Waals surface area contributed by atoms with Crippen molar-refractivity contribution in [2.24, 2.45) is 16.2 Å². The summed E-state index contributed by atoms with van der Waals surface area (Å²) >= 11 is 0. The van der Waals surface area contributed by atoms with Crippen molar-refractivity contribution in [1.29, 1.82) is 0 Å². The third kappa shape index (κ3) is 3.01. The van der Waals surface area contributed by atoms with Gasteiger partial charge < -0.3 is 10.2 Å². The minimum absolute atomic E-state index is 0.677. The van der Waals surface area contributed by atoms with Crippen LogP contribution in [0.3, 0.4) is 0 Å². The Hall–Kier alpha value is -0.160. The Kier molecular flexibility index (Phi) is 4.20. The first kappa shape index (κ1) is 17.7. The van der Waals surface area contributed by atoms with E-state index >= 15 is 0 Å². The SMILES string of the molecule is C1CC2(C1)CCN(N1CC3(CCN(C4CC5(CCCNC5)C4)CC3)C1)CC2. The van der Waals surface area contributed by atoms with Gasteiger partial charge in [0.2, 0.25) is 0 Å². The standard InChI is InChI=1S/C23H40N4/c1-3-21(4-1)8-13-26(14-9-21)27-18-22(19-27)6-11-25(12-7-22)20-15-23(16-20)5-2-10-24-17-23/h20,24H,1-19H2. The van der Waals surface area contributed by atoms with E-state index in [0.717, 1.165) is 11.5 Å². The minimum atomic E-state index is 0.677. The lowest BCUT2D eigenvalue weighted by Gasteiger charge is -2.61. The van der Waals surface area contributed by atoms with E-state index in [1.807, 2.05) is 0 Å². The van der Waals surface area contributed by atoms with Gasteiger partial charge in [-0.1, -0.05) is 6.42 Å². The summed E-state index contributed by atoms with van der Waals surface area (Å²) in [5.74, 6) is 0. The lowest BCUT2D eigenvalue weighted by atomic mass is 9.60. The maximum absolute atomic E-state index is 3.65. The fourth-order valence-electron chi connectivity index (χ4n) is 7.61. The second-order valence-corrected chi connectivity index (χ2v) is 11.5. The van der Waals surface area contributed by atoms with Crippen LogP contribution in [0.4, 0.5) is 0 Å². The van der Waals surface area contributed by atoms with E-state index in [2.05, 4.69) is 20.2 Å². The molecule has 6 aliphatic rings. The van der Waals surface area contributed by atoms with E-state index in [-0.39, 0.29) is 0 Å². The molecule has 1 N–H and O–H groups in total. The van der Waals surface area contributed by atoms with Crippen molar-refractivity contribution in [3.63, 3.8) is 0 Å². The number of likely N-dealkylation sites (tertiary alicyclic amines) is 1. The Morgan fingerprint density at radius 2 is 1.30 bits per heavy atom. The molecule has 2 saturated carbocycles. The maximum Gasteiger partial charge on any atom is 0.0204 e. The predicted octanol–water partition coefficient (Wildman–Crippen LogP) is 3.10. The lowest BCUT2D eigenvalue weighted by molar-refractivity contribution is -0.190. The van der Waals surface area contributed by atoms with Crippen molar-refractivity contribution in [2.75, 3.05) is 52.4 Å². The molecule has 4 aliphatic heterocycles. The zero-order valence-corrected chi connectivity index (χ0v) is 17.4. The highest BCUT2D eigenvalue weighted by Crippen LogP contribution is 2.52. The van der Waals surface area contributed by atoms with Crippen molar-refractivity contribution in [1.82, 2.24) is 20.2 Å². The first-order valence-corrected chi connectivity index (χ1v) is 12.1. The van der Waals surface area contributed by atoms with Gasteiger partial charge >= 0.3 is 0 Å². The van der Waals surface area contributed by atoms with E-state index in [1.54, 1.807) is 0 Å². The molecule has 0 aromatic rings. The molecule has 6 fully saturated rings. The predicted molar refractivity (Wildman–Crippen MR) is 109 cm³/mol.